The van der Waals surface area contributed by atoms with E-state index in [1.807, 2.05) is 29.8 Å². The van der Waals surface area contributed by atoms with Gasteiger partial charge in [-0.2, -0.15) is 0 Å². The van der Waals surface area contributed by atoms with Crippen LogP contribution < -0.4 is 4.74 Å². The number of amides is 2. The van der Waals surface area contributed by atoms with E-state index in [1.54, 1.807) is 18.2 Å². The van der Waals surface area contributed by atoms with Gasteiger partial charge in [0.2, 0.25) is 6.23 Å². The Hall–Kier alpha value is -4.09. The number of ether oxygens (including phenoxy) is 2. The number of hydroxylamine groups is 2. The Labute approximate surface area is 228 Å². The van der Waals surface area contributed by atoms with E-state index < -0.39 is 24.2 Å². The molecule has 39 heavy (non-hydrogen) atoms. The van der Waals surface area contributed by atoms with Crippen LogP contribution in [0.4, 0.5) is 9.18 Å². The molecular formula is C27H26ClFN4O6. The molecule has 0 radical (unpaired) electrons. The van der Waals surface area contributed by atoms with Gasteiger partial charge in [0.25, 0.3) is 0 Å². The number of hydrogen-bond acceptors (Lipinski definition) is 7. The van der Waals surface area contributed by atoms with Crippen LogP contribution in [0.15, 0.2) is 60.8 Å². The molecular weight excluding hydrogens is 531 g/mol. The molecule has 2 aromatic carbocycles. The van der Waals surface area contributed by atoms with E-state index in [-0.39, 0.29) is 12.4 Å². The number of hydrogen-bond donors (Lipinski definition) is 0. The first-order chi connectivity index (χ1) is 18.8. The predicted octanol–water partition coefficient (Wildman–Crippen LogP) is 3.76. The second-order valence-corrected chi connectivity index (χ2v) is 9.41. The lowest BCUT2D eigenvalue weighted by Crippen LogP contribution is -2.41. The Morgan fingerprint density at radius 3 is 2.62 bits per heavy atom. The summed E-state index contributed by atoms with van der Waals surface area (Å²) in [5.41, 5.74) is 1.67. The van der Waals surface area contributed by atoms with Gasteiger partial charge in [-0.15, -0.1) is 5.06 Å². The minimum Gasteiger partial charge on any atom is -0.490 e. The average Bonchev–Trinajstić information content (AvgIpc) is 3.41. The molecule has 1 aromatic heterocycles. The van der Waals surface area contributed by atoms with Crippen molar-refractivity contribution >= 4 is 40.5 Å². The number of halogens is 2. The van der Waals surface area contributed by atoms with Crippen molar-refractivity contribution in [3.8, 4) is 11.4 Å². The van der Waals surface area contributed by atoms with Gasteiger partial charge in [-0.05, 0) is 49.0 Å². The Bertz CT molecular complexity index is 1430. The summed E-state index contributed by atoms with van der Waals surface area (Å²) in [4.78, 5) is 44.8. The van der Waals surface area contributed by atoms with Gasteiger partial charge in [0, 0.05) is 47.9 Å². The summed E-state index contributed by atoms with van der Waals surface area (Å²) in [6.45, 7) is 4.59. The fourth-order valence-corrected chi connectivity index (χ4v) is 4.66. The van der Waals surface area contributed by atoms with Gasteiger partial charge in [0.15, 0.2) is 0 Å². The van der Waals surface area contributed by atoms with Crippen molar-refractivity contribution in [2.24, 2.45) is 0 Å². The zero-order valence-corrected chi connectivity index (χ0v) is 21.8. The summed E-state index contributed by atoms with van der Waals surface area (Å²) in [7, 11) is 0. The van der Waals surface area contributed by atoms with E-state index >= 15 is 0 Å². The summed E-state index contributed by atoms with van der Waals surface area (Å²) >= 11 is 6.25. The first-order valence-corrected chi connectivity index (χ1v) is 12.8. The van der Waals surface area contributed by atoms with E-state index in [2.05, 4.69) is 4.90 Å². The fraction of sp³-hybridized carbons (Fsp3) is 0.296. The van der Waals surface area contributed by atoms with E-state index in [0.29, 0.717) is 43.6 Å². The molecule has 5 rings (SSSR count). The third kappa shape index (κ3) is 5.84. The van der Waals surface area contributed by atoms with Crippen molar-refractivity contribution in [2.75, 3.05) is 39.3 Å². The second-order valence-electron chi connectivity index (χ2n) is 8.97. The number of aromatic nitrogens is 1. The zero-order chi connectivity index (χ0) is 27.5. The van der Waals surface area contributed by atoms with E-state index in [9.17, 15) is 18.8 Å². The highest BCUT2D eigenvalue weighted by molar-refractivity contribution is 6.31. The van der Waals surface area contributed by atoms with Crippen LogP contribution in [0.3, 0.4) is 0 Å². The van der Waals surface area contributed by atoms with Crippen LogP contribution in [0, 0.1) is 5.82 Å². The Kier molecular flexibility index (Phi) is 7.71. The van der Waals surface area contributed by atoms with Crippen molar-refractivity contribution in [2.45, 2.75) is 13.2 Å². The van der Waals surface area contributed by atoms with Crippen molar-refractivity contribution in [1.29, 1.82) is 0 Å². The van der Waals surface area contributed by atoms with Crippen LogP contribution in [0.2, 0.25) is 5.02 Å². The van der Waals surface area contributed by atoms with Gasteiger partial charge in [-0.1, -0.05) is 18.5 Å². The number of urea groups is 1. The number of nitrogens with zero attached hydrogens (tertiary/aromatic N) is 4. The third-order valence-electron chi connectivity index (χ3n) is 6.53. The monoisotopic (exact) mass is 556 g/mol. The van der Waals surface area contributed by atoms with Gasteiger partial charge in [-0.25, -0.2) is 18.8 Å². The molecule has 2 aliphatic rings. The highest BCUT2D eigenvalue weighted by Crippen LogP contribution is 2.33. The summed E-state index contributed by atoms with van der Waals surface area (Å²) in [6.07, 6.45) is 2.74. The van der Waals surface area contributed by atoms with Crippen LogP contribution >= 0.6 is 11.6 Å². The minimum atomic E-state index is -0.998. The van der Waals surface area contributed by atoms with Crippen molar-refractivity contribution in [1.82, 2.24) is 19.4 Å². The number of benzene rings is 2. The quantitative estimate of drug-likeness (QED) is 0.371. The molecule has 12 heteroatoms. The van der Waals surface area contributed by atoms with Gasteiger partial charge in [0.05, 0.1) is 18.3 Å². The molecule has 2 amide bonds. The first-order valence-electron chi connectivity index (χ1n) is 12.4. The minimum absolute atomic E-state index is 0.0867. The summed E-state index contributed by atoms with van der Waals surface area (Å²) in [5, 5.41) is 2.20. The molecule has 3 aromatic rings. The van der Waals surface area contributed by atoms with Gasteiger partial charge in [-0.3, -0.25) is 4.90 Å². The van der Waals surface area contributed by atoms with Crippen molar-refractivity contribution in [3.05, 3.63) is 71.7 Å². The summed E-state index contributed by atoms with van der Waals surface area (Å²) < 4.78 is 26.7. The molecule has 10 nitrogen and oxygen atoms in total. The second kappa shape index (κ2) is 11.3. The molecule has 0 aliphatic carbocycles. The van der Waals surface area contributed by atoms with Crippen LogP contribution in [-0.4, -0.2) is 83.0 Å². The normalized spacial score (nSPS) is 18.2. The van der Waals surface area contributed by atoms with Crippen LogP contribution in [0.25, 0.3) is 16.6 Å². The Morgan fingerprint density at radius 2 is 1.85 bits per heavy atom. The fourth-order valence-electron chi connectivity index (χ4n) is 4.49. The number of likely N-dealkylation sites (N-methyl/N-ethyl adjacent to an activating group) is 1. The van der Waals surface area contributed by atoms with Gasteiger partial charge >= 0.3 is 18.0 Å². The molecule has 2 aliphatic heterocycles. The molecule has 3 heterocycles. The smallest absolute Gasteiger partial charge is 0.357 e. The van der Waals surface area contributed by atoms with Crippen molar-refractivity contribution < 1.29 is 33.1 Å². The van der Waals surface area contributed by atoms with Gasteiger partial charge < -0.3 is 23.8 Å². The van der Waals surface area contributed by atoms with E-state index in [1.165, 1.54) is 17.0 Å². The largest absolute Gasteiger partial charge is 0.490 e. The Morgan fingerprint density at radius 1 is 1.08 bits per heavy atom. The number of rotatable bonds is 9. The molecule has 0 spiro atoms. The molecule has 1 saturated heterocycles. The molecule has 204 valence electrons. The summed E-state index contributed by atoms with van der Waals surface area (Å²) in [6, 6.07) is 11.2. The average molecular weight is 557 g/mol. The highest BCUT2D eigenvalue weighted by atomic mass is 35.5. The number of carbonyl (C=O) groups excluding carboxylic acids is 3. The molecule has 1 fully saturated rings. The third-order valence-corrected chi connectivity index (χ3v) is 6.76. The molecule has 0 saturated carbocycles. The lowest BCUT2D eigenvalue weighted by molar-refractivity contribution is -0.205. The number of carbonyl (C=O) groups is 3. The van der Waals surface area contributed by atoms with Crippen molar-refractivity contribution in [3.63, 3.8) is 0 Å². The molecule has 1 atom stereocenters. The topological polar surface area (TPSA) is 93.5 Å². The van der Waals surface area contributed by atoms with E-state index in [4.69, 9.17) is 25.9 Å². The predicted molar refractivity (Wildman–Crippen MR) is 140 cm³/mol. The van der Waals surface area contributed by atoms with Gasteiger partial charge in [0.1, 0.15) is 18.2 Å². The molecule has 1 unspecified atom stereocenters. The lowest BCUT2D eigenvalue weighted by Gasteiger charge is -2.23. The lowest BCUT2D eigenvalue weighted by atomic mass is 10.2. The molecule has 0 bridgehead atoms. The number of esters is 1. The maximum Gasteiger partial charge on any atom is 0.357 e. The summed E-state index contributed by atoms with van der Waals surface area (Å²) in [5.74, 6) is -1.21. The standard InChI is InChI=1S/C27H26ClFN4O6/c1-2-30(11-12-31-17-24-33(27(31)36)39-26(35)10-9-25(34)38-24)13-14-37-23-16-32(20-6-4-19(29)5-7-20)22-8-3-18(28)15-21(22)23/h3-10,15-16,24H,2,11-14,17H2,1H3/b10-9-. The van der Waals surface area contributed by atoms with Crippen LogP contribution in [0.1, 0.15) is 6.92 Å². The maximum absolute atomic E-state index is 13.5. The van der Waals surface area contributed by atoms with Crippen LogP contribution in [0.5, 0.6) is 5.75 Å². The molecule has 0 N–H and O–H groups in total. The van der Waals surface area contributed by atoms with E-state index in [0.717, 1.165) is 33.8 Å². The van der Waals surface area contributed by atoms with Crippen LogP contribution in [-0.2, 0) is 19.2 Å². The SMILES string of the molecule is CCN(CCOc1cn(-c2ccc(F)cc2)c2ccc(Cl)cc12)CCN1CC2OC(=O)/C=C\C(=O)ON2C1=O. The maximum atomic E-state index is 13.5. The Balaban J connectivity index is 1.20. The first kappa shape index (κ1) is 26.5. The highest BCUT2D eigenvalue weighted by Gasteiger charge is 2.43. The number of fused-ring (bicyclic) bond motifs is 2. The zero-order valence-electron chi connectivity index (χ0n) is 21.1.